The Morgan fingerprint density at radius 2 is 2.05 bits per heavy atom. The summed E-state index contributed by atoms with van der Waals surface area (Å²) in [6, 6.07) is 5.43. The third-order valence-corrected chi connectivity index (χ3v) is 3.08. The molecule has 1 unspecified atom stereocenters. The molecule has 0 radical (unpaired) electrons. The van der Waals surface area contributed by atoms with Gasteiger partial charge in [0.15, 0.2) is 11.5 Å². The second-order valence-corrected chi connectivity index (χ2v) is 4.24. The molecule has 0 spiro atoms. The summed E-state index contributed by atoms with van der Waals surface area (Å²) < 4.78 is 11.0. The molecular weight excluding hydrogens is 246 g/mol. The lowest BCUT2D eigenvalue weighted by atomic mass is 10.0. The normalized spacial score (nSPS) is 15.2. The molecule has 3 rings (SSSR count). The number of benzene rings is 1. The zero-order valence-electron chi connectivity index (χ0n) is 10.2. The molecule has 0 bridgehead atoms. The van der Waals surface area contributed by atoms with Crippen molar-refractivity contribution in [1.29, 1.82) is 0 Å². The Kier molecular flexibility index (Phi) is 2.98. The zero-order chi connectivity index (χ0) is 13.2. The topological polar surface area (TPSA) is 111 Å². The summed E-state index contributed by atoms with van der Waals surface area (Å²) >= 11 is 0. The van der Waals surface area contributed by atoms with E-state index in [4.69, 9.17) is 21.1 Å². The Labute approximate surface area is 109 Å². The van der Waals surface area contributed by atoms with Gasteiger partial charge in [0.2, 0.25) is 0 Å². The number of rotatable bonds is 3. The lowest BCUT2D eigenvalue weighted by Crippen LogP contribution is -2.29. The number of hydrogen-bond acceptors (Lipinski definition) is 6. The standard InChI is InChI=1S/C12H15N5O2/c13-12-8(6-15-17-12)11(16-14)7-1-2-9-10(5-7)19-4-3-18-9/h1-2,5-6,11,16H,3-4,14H2,(H3,13,15,17). The molecule has 0 fully saturated rings. The number of hydrazine groups is 1. The third kappa shape index (κ3) is 2.09. The number of fused-ring (bicyclic) bond motifs is 1. The summed E-state index contributed by atoms with van der Waals surface area (Å²) in [6.07, 6.45) is 1.65. The van der Waals surface area contributed by atoms with Crippen LogP contribution in [0.2, 0.25) is 0 Å². The molecule has 19 heavy (non-hydrogen) atoms. The molecular formula is C12H15N5O2. The Hall–Kier alpha value is -2.25. The van der Waals surface area contributed by atoms with Crippen LogP contribution in [0.3, 0.4) is 0 Å². The van der Waals surface area contributed by atoms with E-state index in [1.807, 2.05) is 18.2 Å². The van der Waals surface area contributed by atoms with E-state index in [2.05, 4.69) is 15.6 Å². The monoisotopic (exact) mass is 261 g/mol. The molecule has 1 atom stereocenters. The summed E-state index contributed by atoms with van der Waals surface area (Å²) in [5.74, 6) is 7.56. The van der Waals surface area contributed by atoms with Crippen molar-refractivity contribution in [1.82, 2.24) is 15.6 Å². The second-order valence-electron chi connectivity index (χ2n) is 4.24. The summed E-state index contributed by atoms with van der Waals surface area (Å²) in [7, 11) is 0. The van der Waals surface area contributed by atoms with Crippen LogP contribution in [-0.2, 0) is 0 Å². The lowest BCUT2D eigenvalue weighted by Gasteiger charge is -2.21. The largest absolute Gasteiger partial charge is 0.486 e. The van der Waals surface area contributed by atoms with Crippen LogP contribution < -0.4 is 26.5 Å². The average molecular weight is 261 g/mol. The van der Waals surface area contributed by atoms with Crippen LogP contribution >= 0.6 is 0 Å². The van der Waals surface area contributed by atoms with Crippen molar-refractivity contribution in [3.05, 3.63) is 35.5 Å². The predicted octanol–water partition coefficient (Wildman–Crippen LogP) is 0.316. The maximum absolute atomic E-state index is 5.82. The maximum atomic E-state index is 5.82. The number of nitrogens with zero attached hydrogens (tertiary/aromatic N) is 1. The fraction of sp³-hybridized carbons (Fsp3) is 0.250. The first-order chi connectivity index (χ1) is 9.29. The fourth-order valence-electron chi connectivity index (χ4n) is 2.14. The maximum Gasteiger partial charge on any atom is 0.161 e. The number of anilines is 1. The number of nitrogen functional groups attached to an aromatic ring is 1. The first kappa shape index (κ1) is 11.8. The van der Waals surface area contributed by atoms with Gasteiger partial charge < -0.3 is 15.2 Å². The zero-order valence-corrected chi connectivity index (χ0v) is 10.2. The highest BCUT2D eigenvalue weighted by atomic mass is 16.6. The molecule has 2 aromatic rings. The third-order valence-electron chi connectivity index (χ3n) is 3.08. The van der Waals surface area contributed by atoms with Gasteiger partial charge in [-0.2, -0.15) is 5.10 Å². The quantitative estimate of drug-likeness (QED) is 0.467. The molecule has 0 saturated carbocycles. The highest BCUT2D eigenvalue weighted by molar-refractivity contribution is 5.49. The highest BCUT2D eigenvalue weighted by Gasteiger charge is 2.20. The number of aromatic amines is 1. The van der Waals surface area contributed by atoms with E-state index < -0.39 is 0 Å². The van der Waals surface area contributed by atoms with Crippen LogP contribution in [0.15, 0.2) is 24.4 Å². The molecule has 0 amide bonds. The van der Waals surface area contributed by atoms with Gasteiger partial charge >= 0.3 is 0 Å². The van der Waals surface area contributed by atoms with Crippen molar-refractivity contribution in [2.75, 3.05) is 18.9 Å². The van der Waals surface area contributed by atoms with Crippen LogP contribution in [0.1, 0.15) is 17.2 Å². The number of H-pyrrole nitrogens is 1. The van der Waals surface area contributed by atoms with Gasteiger partial charge in [-0.1, -0.05) is 6.07 Å². The molecule has 0 saturated heterocycles. The van der Waals surface area contributed by atoms with Crippen LogP contribution in [0.4, 0.5) is 5.82 Å². The van der Waals surface area contributed by atoms with E-state index in [1.54, 1.807) is 6.20 Å². The Morgan fingerprint density at radius 3 is 2.74 bits per heavy atom. The first-order valence-corrected chi connectivity index (χ1v) is 5.94. The van der Waals surface area contributed by atoms with Gasteiger partial charge in [-0.3, -0.25) is 10.9 Å². The van der Waals surface area contributed by atoms with Gasteiger partial charge in [0.25, 0.3) is 0 Å². The average Bonchev–Trinajstić information content (AvgIpc) is 2.86. The number of aromatic nitrogens is 2. The minimum Gasteiger partial charge on any atom is -0.486 e. The molecule has 7 nitrogen and oxygen atoms in total. The van der Waals surface area contributed by atoms with Gasteiger partial charge in [0.05, 0.1) is 12.2 Å². The van der Waals surface area contributed by atoms with Crippen molar-refractivity contribution in [2.24, 2.45) is 5.84 Å². The number of nitrogens with one attached hydrogen (secondary N) is 2. The molecule has 100 valence electrons. The van der Waals surface area contributed by atoms with Crippen molar-refractivity contribution < 1.29 is 9.47 Å². The molecule has 1 aliphatic rings. The van der Waals surface area contributed by atoms with E-state index in [0.717, 1.165) is 16.9 Å². The van der Waals surface area contributed by atoms with Crippen LogP contribution in [0, 0.1) is 0 Å². The molecule has 1 aliphatic heterocycles. The van der Waals surface area contributed by atoms with E-state index in [-0.39, 0.29) is 6.04 Å². The van der Waals surface area contributed by atoms with Crippen molar-refractivity contribution in [3.63, 3.8) is 0 Å². The minimum atomic E-state index is -0.255. The molecule has 6 N–H and O–H groups in total. The van der Waals surface area contributed by atoms with Gasteiger partial charge in [-0.15, -0.1) is 0 Å². The van der Waals surface area contributed by atoms with E-state index in [1.165, 1.54) is 0 Å². The SMILES string of the molecule is NNC(c1ccc2c(c1)OCCO2)c1cn[nH]c1N. The van der Waals surface area contributed by atoms with Gasteiger partial charge in [-0.05, 0) is 17.7 Å². The summed E-state index contributed by atoms with van der Waals surface area (Å²) in [5, 5.41) is 6.59. The first-order valence-electron chi connectivity index (χ1n) is 5.94. The Bertz CT molecular complexity index is 583. The molecule has 1 aromatic carbocycles. The molecule has 0 aliphatic carbocycles. The van der Waals surface area contributed by atoms with Crippen LogP contribution in [0.5, 0.6) is 11.5 Å². The minimum absolute atomic E-state index is 0.255. The van der Waals surface area contributed by atoms with Crippen molar-refractivity contribution >= 4 is 5.82 Å². The Morgan fingerprint density at radius 1 is 1.26 bits per heavy atom. The van der Waals surface area contributed by atoms with E-state index >= 15 is 0 Å². The van der Waals surface area contributed by atoms with E-state index in [9.17, 15) is 0 Å². The van der Waals surface area contributed by atoms with Gasteiger partial charge in [0.1, 0.15) is 19.0 Å². The second kappa shape index (κ2) is 4.79. The van der Waals surface area contributed by atoms with Crippen molar-refractivity contribution in [3.8, 4) is 11.5 Å². The summed E-state index contributed by atoms with van der Waals surface area (Å²) in [4.78, 5) is 0. The molecule has 1 aromatic heterocycles. The number of nitrogens with two attached hydrogens (primary N) is 2. The summed E-state index contributed by atoms with van der Waals surface area (Å²) in [5.41, 5.74) is 10.3. The number of hydrogen-bond donors (Lipinski definition) is 4. The molecule has 7 heteroatoms. The number of ether oxygens (including phenoxy) is 2. The highest BCUT2D eigenvalue weighted by Crippen LogP contribution is 2.34. The smallest absolute Gasteiger partial charge is 0.161 e. The van der Waals surface area contributed by atoms with Crippen LogP contribution in [-0.4, -0.2) is 23.4 Å². The Balaban J connectivity index is 1.98. The van der Waals surface area contributed by atoms with Gasteiger partial charge in [-0.25, -0.2) is 5.43 Å². The molecule has 2 heterocycles. The van der Waals surface area contributed by atoms with Gasteiger partial charge in [0, 0.05) is 5.56 Å². The lowest BCUT2D eigenvalue weighted by molar-refractivity contribution is 0.171. The van der Waals surface area contributed by atoms with Crippen LogP contribution in [0.25, 0.3) is 0 Å². The predicted molar refractivity (Wildman–Crippen MR) is 69.6 cm³/mol. The van der Waals surface area contributed by atoms with Crippen molar-refractivity contribution in [2.45, 2.75) is 6.04 Å². The fourth-order valence-corrected chi connectivity index (χ4v) is 2.14. The van der Waals surface area contributed by atoms with E-state index in [0.29, 0.717) is 24.8 Å². The summed E-state index contributed by atoms with van der Waals surface area (Å²) in [6.45, 7) is 1.12.